The van der Waals surface area contributed by atoms with Crippen molar-refractivity contribution in [2.45, 2.75) is 70.4 Å². The van der Waals surface area contributed by atoms with E-state index in [1.807, 2.05) is 6.07 Å². The molecule has 0 saturated carbocycles. The van der Waals surface area contributed by atoms with E-state index in [1.165, 1.54) is 92.5 Å². The lowest BCUT2D eigenvalue weighted by atomic mass is 10.1. The molecule has 3 unspecified atom stereocenters. The van der Waals surface area contributed by atoms with E-state index in [9.17, 15) is 42.3 Å². The number of thiazole rings is 3. The first-order valence-corrected chi connectivity index (χ1v) is 24.8. The average molecular weight is 1100 g/mol. The van der Waals surface area contributed by atoms with Crippen LogP contribution in [0, 0.1) is 17.5 Å². The first-order valence-electron chi connectivity index (χ1n) is 22.4. The van der Waals surface area contributed by atoms with E-state index in [2.05, 4.69) is 35.8 Å². The molecule has 3 atom stereocenters. The second kappa shape index (κ2) is 27.2. The molecule has 8 rings (SSSR count). The Morgan fingerprint density at radius 2 is 1.11 bits per heavy atom. The highest BCUT2D eigenvalue weighted by Gasteiger charge is 2.25. The maximum atomic E-state index is 13.5. The number of hydrazone groups is 2. The number of rotatable bonds is 12. The van der Waals surface area contributed by atoms with E-state index < -0.39 is 41.6 Å². The van der Waals surface area contributed by atoms with Gasteiger partial charge in [0, 0.05) is 72.6 Å². The van der Waals surface area contributed by atoms with Gasteiger partial charge in [0.15, 0.2) is 15.4 Å². The average Bonchev–Trinajstić information content (AvgIpc) is 4.13. The van der Waals surface area contributed by atoms with Gasteiger partial charge in [0.2, 0.25) is 11.8 Å². The number of aromatic nitrogens is 3. The molecule has 6 N–H and O–H groups in total. The number of anilines is 3. The molecule has 6 aromatic rings. The quantitative estimate of drug-likeness (QED) is 0.0768. The number of hydrogen-bond acceptors (Lipinski definition) is 18. The number of carbonyl (C=O) groups is 5. The number of methoxy groups -OCH3 is 2. The van der Waals surface area contributed by atoms with E-state index in [0.29, 0.717) is 31.4 Å². The second-order valence-corrected chi connectivity index (χ2v) is 20.1. The molecule has 0 bridgehead atoms. The minimum Gasteiger partial charge on any atom is -0.477 e. The number of nitrogens with one attached hydrogen (secondary N) is 2. The summed E-state index contributed by atoms with van der Waals surface area (Å²) in [4.78, 5) is 70.7. The second-order valence-electron chi connectivity index (χ2n) is 16.8. The molecular weight excluding hydrogens is 1040 g/mol. The molecule has 398 valence electrons. The van der Waals surface area contributed by atoms with Crippen molar-refractivity contribution in [1.29, 1.82) is 0 Å². The zero-order valence-corrected chi connectivity index (χ0v) is 43.9. The van der Waals surface area contributed by atoms with Crippen LogP contribution in [0.1, 0.15) is 96.1 Å². The number of carboxylic acids is 1. The zero-order chi connectivity index (χ0) is 55.0. The van der Waals surface area contributed by atoms with Crippen molar-refractivity contribution < 1.29 is 61.6 Å². The minimum absolute atomic E-state index is 0.0482. The number of benzene rings is 3. The fourth-order valence-corrected chi connectivity index (χ4v) is 9.11. The van der Waals surface area contributed by atoms with Crippen LogP contribution in [0.4, 0.5) is 33.4 Å². The lowest BCUT2D eigenvalue weighted by Gasteiger charge is -2.18. The van der Waals surface area contributed by atoms with E-state index >= 15 is 0 Å². The van der Waals surface area contributed by atoms with Crippen molar-refractivity contribution in [3.8, 4) is 0 Å². The number of halogens is 3. The molecule has 26 heteroatoms. The van der Waals surface area contributed by atoms with Crippen molar-refractivity contribution in [2.24, 2.45) is 10.2 Å². The van der Waals surface area contributed by atoms with Crippen LogP contribution < -0.4 is 16.4 Å². The topological polar surface area (TPSA) is 273 Å². The standard InChI is InChI=1S/C17H17FN4O3S.C15H17FN2O3S.C11H11FN2OS.C6H8N2O3/c1-22-14(23)7-6-12(21-22)16(24)20-17-19-9-13(26-17)15(25-2)10-4-3-5-11(18)8-10;1-15(2,3)21-14(20)18-13-17-8-11(22-13)12(19)9-5-4-6-10(16)7-9;1-15-10(9-6-14-11(13)16-9)7-3-2-4-8(12)5-7;1-8-5(9)3-2-4(7-8)6(10)11/h3-5,8-9,15H,6-7H2,1-2H3,(H,19,20,24);4-8,12,19H,1-3H3,(H,17,18,20);2-6,10H,1H3,(H2,13,14);2-3H2,1H3,(H,10,11). The number of aliphatic carboxylic acids is 1. The van der Waals surface area contributed by atoms with Crippen LogP contribution >= 0.6 is 34.0 Å². The van der Waals surface area contributed by atoms with Gasteiger partial charge in [0.05, 0.1) is 14.6 Å². The van der Waals surface area contributed by atoms with Crippen molar-refractivity contribution >= 4 is 90.6 Å². The first kappa shape index (κ1) is 58.4. The first-order chi connectivity index (χ1) is 35.5. The summed E-state index contributed by atoms with van der Waals surface area (Å²) in [6.07, 6.45) is 3.27. The minimum atomic E-state index is -1.05. The summed E-state index contributed by atoms with van der Waals surface area (Å²) >= 11 is 3.67. The smallest absolute Gasteiger partial charge is 0.413 e. The van der Waals surface area contributed by atoms with Crippen molar-refractivity contribution in [1.82, 2.24) is 25.0 Å². The number of carboxylic acid groups (broad SMARTS) is 1. The summed E-state index contributed by atoms with van der Waals surface area (Å²) in [5.41, 5.74) is 7.11. The summed E-state index contributed by atoms with van der Waals surface area (Å²) in [6.45, 7) is 5.27. The van der Waals surface area contributed by atoms with Crippen LogP contribution in [0.5, 0.6) is 0 Å². The largest absolute Gasteiger partial charge is 0.477 e. The number of carbonyl (C=O) groups excluding carboxylic acids is 4. The zero-order valence-electron chi connectivity index (χ0n) is 41.4. The van der Waals surface area contributed by atoms with Crippen LogP contribution in [-0.2, 0) is 33.4 Å². The third kappa shape index (κ3) is 17.9. The highest BCUT2D eigenvalue weighted by atomic mass is 32.1. The molecule has 75 heavy (non-hydrogen) atoms. The lowest BCUT2D eigenvalue weighted by Crippen LogP contribution is -2.34. The molecule has 0 fully saturated rings. The molecule has 0 radical (unpaired) electrons. The maximum absolute atomic E-state index is 13.5. The van der Waals surface area contributed by atoms with Gasteiger partial charge in [0.25, 0.3) is 5.91 Å². The number of nitrogens with zero attached hydrogens (tertiary/aromatic N) is 7. The van der Waals surface area contributed by atoms with Crippen molar-refractivity contribution in [3.05, 3.63) is 140 Å². The Morgan fingerprint density at radius 3 is 1.57 bits per heavy atom. The molecule has 4 amide bonds. The van der Waals surface area contributed by atoms with E-state index in [-0.39, 0.29) is 66.7 Å². The van der Waals surface area contributed by atoms with Gasteiger partial charge in [-0.2, -0.15) is 10.2 Å². The summed E-state index contributed by atoms with van der Waals surface area (Å²) in [5.74, 6) is -2.78. The maximum Gasteiger partial charge on any atom is 0.413 e. The predicted molar refractivity (Wildman–Crippen MR) is 277 cm³/mol. The third-order valence-electron chi connectivity index (χ3n) is 10.1. The summed E-state index contributed by atoms with van der Waals surface area (Å²) in [5, 5.41) is 34.8. The molecule has 0 spiro atoms. The van der Waals surface area contributed by atoms with E-state index in [0.717, 1.165) is 36.7 Å². The number of ether oxygens (including phenoxy) is 3. The Balaban J connectivity index is 0.000000193. The summed E-state index contributed by atoms with van der Waals surface area (Å²) in [6, 6.07) is 18.2. The summed E-state index contributed by atoms with van der Waals surface area (Å²) in [7, 11) is 6.06. The number of nitrogen functional groups attached to an aromatic ring is 1. The number of amides is 4. The molecule has 0 saturated heterocycles. The van der Waals surface area contributed by atoms with Crippen LogP contribution in [0.15, 0.2) is 102 Å². The Hall–Kier alpha value is -7.49. The number of nitrogens with two attached hydrogens (primary N) is 1. The number of hydrogen-bond donors (Lipinski definition) is 5. The Labute approximate surface area is 440 Å². The van der Waals surface area contributed by atoms with Crippen LogP contribution in [0.2, 0.25) is 0 Å². The third-order valence-corrected chi connectivity index (χ3v) is 12.9. The van der Waals surface area contributed by atoms with Crippen molar-refractivity contribution in [3.63, 3.8) is 0 Å². The van der Waals surface area contributed by atoms with Crippen molar-refractivity contribution in [2.75, 3.05) is 44.7 Å². The van der Waals surface area contributed by atoms with Crippen LogP contribution in [0.25, 0.3) is 0 Å². The molecule has 20 nitrogen and oxygen atoms in total. The highest BCUT2D eigenvalue weighted by molar-refractivity contribution is 7.16. The molecule has 5 heterocycles. The van der Waals surface area contributed by atoms with Gasteiger partial charge in [-0.3, -0.25) is 25.0 Å². The van der Waals surface area contributed by atoms with Gasteiger partial charge in [-0.05, 0) is 73.9 Å². The van der Waals surface area contributed by atoms with Gasteiger partial charge in [0.1, 0.15) is 52.8 Å². The number of aliphatic hydroxyl groups excluding tert-OH is 1. The summed E-state index contributed by atoms with van der Waals surface area (Å²) < 4.78 is 55.6. The van der Waals surface area contributed by atoms with Gasteiger partial charge in [-0.15, -0.1) is 0 Å². The Kier molecular flexibility index (Phi) is 21.2. The molecule has 3 aromatic heterocycles. The Bertz CT molecular complexity index is 3020. The van der Waals surface area contributed by atoms with Crippen LogP contribution in [0.3, 0.4) is 0 Å². The molecule has 0 aliphatic carbocycles. The fraction of sp³-hybridized carbons (Fsp3) is 0.306. The normalized spacial score (nSPS) is 14.5. The molecular formula is C49H53F3N10O10S3. The molecule has 3 aromatic carbocycles. The SMILES string of the molecule is CC(C)(C)OC(=O)Nc1ncc(C(O)c2cccc(F)c2)s1.CN1N=C(C(=O)O)CCC1=O.COC(c1cccc(F)c1)c1cnc(N)s1.COC(c1cccc(F)c1)c1cnc(NC(=O)C2=NN(C)C(=O)CC2)s1. The van der Waals surface area contributed by atoms with Gasteiger partial charge in [-0.1, -0.05) is 70.4 Å². The molecule has 2 aliphatic rings. The fourth-order valence-electron chi connectivity index (χ4n) is 6.59. The van der Waals surface area contributed by atoms with E-state index in [1.54, 1.807) is 64.5 Å². The van der Waals surface area contributed by atoms with E-state index in [4.69, 9.17) is 25.1 Å². The predicted octanol–water partition coefficient (Wildman–Crippen LogP) is 8.56. The van der Waals surface area contributed by atoms with Crippen LogP contribution in [-0.4, -0.2) is 110 Å². The Morgan fingerprint density at radius 1 is 0.667 bits per heavy atom. The van der Waals surface area contributed by atoms with Gasteiger partial charge >= 0.3 is 12.1 Å². The van der Waals surface area contributed by atoms with Gasteiger partial charge in [-0.25, -0.2) is 47.7 Å². The molecule has 2 aliphatic heterocycles. The monoisotopic (exact) mass is 1090 g/mol. The van der Waals surface area contributed by atoms with Gasteiger partial charge < -0.3 is 30.2 Å². The number of aliphatic hydroxyl groups is 1. The lowest BCUT2D eigenvalue weighted by molar-refractivity contribution is -0.132. The highest BCUT2D eigenvalue weighted by Crippen LogP contribution is 2.34.